The molecule has 1 heteroatoms. The molecule has 0 aromatic rings. The Morgan fingerprint density at radius 2 is 2.18 bits per heavy atom. The predicted molar refractivity (Wildman–Crippen MR) is 54.1 cm³/mol. The van der Waals surface area contributed by atoms with E-state index in [0.717, 1.165) is 19.3 Å². The lowest BCUT2D eigenvalue weighted by Gasteiger charge is -2.19. The highest BCUT2D eigenvalue weighted by Gasteiger charge is 2.12. The third-order valence-corrected chi connectivity index (χ3v) is 2.78. The summed E-state index contributed by atoms with van der Waals surface area (Å²) in [4.78, 5) is 0. The fourth-order valence-corrected chi connectivity index (χ4v) is 2.08. The number of allylic oxidation sites excluding steroid dienone is 3. The van der Waals surface area contributed by atoms with Gasteiger partial charge in [-0.25, -0.2) is 0 Å². The summed E-state index contributed by atoms with van der Waals surface area (Å²) in [7, 11) is 0. The van der Waals surface area contributed by atoms with Crippen LogP contribution in [0.3, 0.4) is 0 Å². The Labute approximate surface area is 74.8 Å². The minimum Gasteiger partial charge on any atom is -0.171 e. The van der Waals surface area contributed by atoms with Crippen molar-refractivity contribution in [3.05, 3.63) is 23.3 Å². The monoisotopic (exact) mass is 168 g/mol. The van der Waals surface area contributed by atoms with Gasteiger partial charge < -0.3 is 0 Å². The zero-order valence-electron chi connectivity index (χ0n) is 7.30. The molecule has 1 aliphatic rings. The molecule has 0 saturated heterocycles. The average Bonchev–Trinajstić information content (AvgIpc) is 2.04. The van der Waals surface area contributed by atoms with Crippen LogP contribution in [-0.2, 0) is 0 Å². The van der Waals surface area contributed by atoms with Crippen LogP contribution in [0.15, 0.2) is 23.3 Å². The van der Waals surface area contributed by atoms with Crippen molar-refractivity contribution in [1.82, 2.24) is 0 Å². The van der Waals surface area contributed by atoms with Gasteiger partial charge in [0.15, 0.2) is 0 Å². The van der Waals surface area contributed by atoms with Gasteiger partial charge in [-0.2, -0.15) is 12.6 Å². The number of thiol groups is 1. The van der Waals surface area contributed by atoms with Gasteiger partial charge in [-0.3, -0.25) is 0 Å². The Morgan fingerprint density at radius 1 is 1.45 bits per heavy atom. The standard InChI is InChI=1S/C10H16S/c1-3-8-6-5-7-10(11)9(8)4-2/h5-6,10-11H,3-4,7H2,1-2H3. The summed E-state index contributed by atoms with van der Waals surface area (Å²) in [6.07, 6.45) is 7.90. The van der Waals surface area contributed by atoms with Crippen molar-refractivity contribution in [2.24, 2.45) is 0 Å². The Bertz CT molecular complexity index is 189. The van der Waals surface area contributed by atoms with Gasteiger partial charge in [-0.1, -0.05) is 31.6 Å². The Balaban J connectivity index is 2.86. The van der Waals surface area contributed by atoms with E-state index in [2.05, 4.69) is 38.6 Å². The number of hydrogen-bond acceptors (Lipinski definition) is 1. The molecule has 0 heterocycles. The highest BCUT2D eigenvalue weighted by Crippen LogP contribution is 2.27. The summed E-state index contributed by atoms with van der Waals surface area (Å²) < 4.78 is 0. The van der Waals surface area contributed by atoms with Crippen LogP contribution in [0, 0.1) is 0 Å². The van der Waals surface area contributed by atoms with Crippen LogP contribution in [0.1, 0.15) is 33.1 Å². The molecule has 0 amide bonds. The lowest BCUT2D eigenvalue weighted by Crippen LogP contribution is -2.07. The fourth-order valence-electron chi connectivity index (χ4n) is 1.61. The van der Waals surface area contributed by atoms with Gasteiger partial charge in [0, 0.05) is 5.25 Å². The Hall–Kier alpha value is -0.170. The van der Waals surface area contributed by atoms with Crippen LogP contribution < -0.4 is 0 Å². The van der Waals surface area contributed by atoms with Crippen molar-refractivity contribution in [3.8, 4) is 0 Å². The predicted octanol–water partition coefficient (Wildman–Crippen LogP) is 3.36. The summed E-state index contributed by atoms with van der Waals surface area (Å²) in [5.41, 5.74) is 3.04. The Kier molecular flexibility index (Phi) is 3.25. The van der Waals surface area contributed by atoms with Crippen LogP contribution in [0.25, 0.3) is 0 Å². The van der Waals surface area contributed by atoms with E-state index in [0.29, 0.717) is 5.25 Å². The van der Waals surface area contributed by atoms with Crippen LogP contribution in [0.2, 0.25) is 0 Å². The molecule has 1 aliphatic carbocycles. The number of hydrogen-bond donors (Lipinski definition) is 1. The molecule has 0 fully saturated rings. The van der Waals surface area contributed by atoms with Crippen molar-refractivity contribution in [2.45, 2.75) is 38.4 Å². The van der Waals surface area contributed by atoms with Crippen LogP contribution in [0.5, 0.6) is 0 Å². The molecule has 0 aromatic carbocycles. The molecule has 0 spiro atoms. The van der Waals surface area contributed by atoms with E-state index >= 15 is 0 Å². The lowest BCUT2D eigenvalue weighted by molar-refractivity contribution is 0.875. The second-order valence-electron chi connectivity index (χ2n) is 2.91. The zero-order chi connectivity index (χ0) is 8.27. The first-order valence-electron chi connectivity index (χ1n) is 4.36. The maximum absolute atomic E-state index is 4.54. The van der Waals surface area contributed by atoms with Gasteiger partial charge in [0.25, 0.3) is 0 Å². The van der Waals surface area contributed by atoms with Crippen molar-refractivity contribution < 1.29 is 0 Å². The SMILES string of the molecule is CCC1=C(CC)C(S)CC=C1. The summed E-state index contributed by atoms with van der Waals surface area (Å²) in [6, 6.07) is 0. The maximum atomic E-state index is 4.54. The first-order chi connectivity index (χ1) is 5.29. The third-order valence-electron chi connectivity index (χ3n) is 2.25. The van der Waals surface area contributed by atoms with Crippen molar-refractivity contribution >= 4 is 12.6 Å². The molecule has 0 saturated carbocycles. The average molecular weight is 168 g/mol. The molecule has 1 unspecified atom stereocenters. The highest BCUT2D eigenvalue weighted by atomic mass is 32.1. The molecule has 1 atom stereocenters. The van der Waals surface area contributed by atoms with Crippen LogP contribution in [0.4, 0.5) is 0 Å². The zero-order valence-corrected chi connectivity index (χ0v) is 8.20. The summed E-state index contributed by atoms with van der Waals surface area (Å²) >= 11 is 4.54. The molecule has 0 aliphatic heterocycles. The maximum Gasteiger partial charge on any atom is 0.0266 e. The topological polar surface area (TPSA) is 0 Å². The van der Waals surface area contributed by atoms with E-state index in [-0.39, 0.29) is 0 Å². The van der Waals surface area contributed by atoms with Crippen molar-refractivity contribution in [2.75, 3.05) is 0 Å². The number of rotatable bonds is 2. The minimum absolute atomic E-state index is 0.486. The fraction of sp³-hybridized carbons (Fsp3) is 0.600. The van der Waals surface area contributed by atoms with Gasteiger partial charge >= 0.3 is 0 Å². The molecular weight excluding hydrogens is 152 g/mol. The van der Waals surface area contributed by atoms with E-state index < -0.39 is 0 Å². The second kappa shape index (κ2) is 4.01. The van der Waals surface area contributed by atoms with Crippen molar-refractivity contribution in [3.63, 3.8) is 0 Å². The molecular formula is C10H16S. The molecule has 11 heavy (non-hydrogen) atoms. The Morgan fingerprint density at radius 3 is 2.64 bits per heavy atom. The van der Waals surface area contributed by atoms with E-state index in [1.165, 1.54) is 5.57 Å². The van der Waals surface area contributed by atoms with E-state index in [4.69, 9.17) is 0 Å². The lowest BCUT2D eigenvalue weighted by atomic mass is 9.94. The summed E-state index contributed by atoms with van der Waals surface area (Å²) in [5, 5.41) is 0.486. The minimum atomic E-state index is 0.486. The van der Waals surface area contributed by atoms with Crippen molar-refractivity contribution in [1.29, 1.82) is 0 Å². The molecule has 62 valence electrons. The normalized spacial score (nSPS) is 24.5. The largest absolute Gasteiger partial charge is 0.171 e. The second-order valence-corrected chi connectivity index (χ2v) is 3.53. The molecule has 0 nitrogen and oxygen atoms in total. The van der Waals surface area contributed by atoms with Gasteiger partial charge in [-0.05, 0) is 24.8 Å². The van der Waals surface area contributed by atoms with Crippen LogP contribution >= 0.6 is 12.6 Å². The highest BCUT2D eigenvalue weighted by molar-refractivity contribution is 7.81. The molecule has 1 rings (SSSR count). The quantitative estimate of drug-likeness (QED) is 0.600. The molecule has 0 aromatic heterocycles. The first kappa shape index (κ1) is 8.92. The van der Waals surface area contributed by atoms with E-state index in [1.807, 2.05) is 0 Å². The van der Waals surface area contributed by atoms with Gasteiger partial charge in [0.2, 0.25) is 0 Å². The molecule has 0 radical (unpaired) electrons. The summed E-state index contributed by atoms with van der Waals surface area (Å²) in [6.45, 7) is 4.43. The van der Waals surface area contributed by atoms with E-state index in [1.54, 1.807) is 5.57 Å². The smallest absolute Gasteiger partial charge is 0.0266 e. The van der Waals surface area contributed by atoms with Gasteiger partial charge in [0.1, 0.15) is 0 Å². The molecule has 0 N–H and O–H groups in total. The summed E-state index contributed by atoms with van der Waals surface area (Å²) in [5.74, 6) is 0. The molecule has 0 bridgehead atoms. The van der Waals surface area contributed by atoms with Gasteiger partial charge in [-0.15, -0.1) is 0 Å². The third kappa shape index (κ3) is 1.90. The van der Waals surface area contributed by atoms with Crippen LogP contribution in [-0.4, -0.2) is 5.25 Å². The van der Waals surface area contributed by atoms with E-state index in [9.17, 15) is 0 Å². The van der Waals surface area contributed by atoms with Gasteiger partial charge in [0.05, 0.1) is 0 Å². The first-order valence-corrected chi connectivity index (χ1v) is 4.87.